The molecule has 4 heteroatoms. The number of hydrogen-bond acceptors (Lipinski definition) is 2. The third-order valence-corrected chi connectivity index (χ3v) is 3.91. The van der Waals surface area contributed by atoms with Crippen LogP contribution in [0.3, 0.4) is 0 Å². The number of anilines is 1. The maximum atomic E-state index is 12.7. The lowest BCUT2D eigenvalue weighted by molar-refractivity contribution is 0.0989. The largest absolute Gasteiger partial charge is 0.492 e. The Kier molecular flexibility index (Phi) is 3.84. The molecule has 2 aromatic carbocycles. The molecule has 0 fully saturated rings. The number of halogens is 1. The van der Waals surface area contributed by atoms with Gasteiger partial charge in [-0.3, -0.25) is 4.79 Å². The van der Waals surface area contributed by atoms with Crippen LogP contribution in [0, 0.1) is 0 Å². The Morgan fingerprint density at radius 1 is 1.29 bits per heavy atom. The van der Waals surface area contributed by atoms with Crippen LogP contribution >= 0.6 is 11.6 Å². The summed E-state index contributed by atoms with van der Waals surface area (Å²) in [7, 11) is 0. The summed E-state index contributed by atoms with van der Waals surface area (Å²) in [4.78, 5) is 14.5. The summed E-state index contributed by atoms with van der Waals surface area (Å²) in [6.07, 6.45) is 0.896. The number of amides is 1. The summed E-state index contributed by atoms with van der Waals surface area (Å²) >= 11 is 6.16. The van der Waals surface area contributed by atoms with E-state index < -0.39 is 0 Å². The first-order chi connectivity index (χ1) is 10.2. The SMILES string of the molecule is CCOc1ccc(C(=O)N2CCc3ccccc32)cc1Cl. The molecule has 1 aliphatic heterocycles. The normalized spacial score (nSPS) is 13.1. The molecule has 0 atom stereocenters. The van der Waals surface area contributed by atoms with Crippen LogP contribution in [0.1, 0.15) is 22.8 Å². The van der Waals surface area contributed by atoms with E-state index >= 15 is 0 Å². The van der Waals surface area contributed by atoms with E-state index in [-0.39, 0.29) is 5.91 Å². The van der Waals surface area contributed by atoms with Gasteiger partial charge in [0.15, 0.2) is 0 Å². The number of hydrogen-bond donors (Lipinski definition) is 0. The van der Waals surface area contributed by atoms with Gasteiger partial charge in [0.05, 0.1) is 11.6 Å². The Hall–Kier alpha value is -2.00. The van der Waals surface area contributed by atoms with E-state index in [1.54, 1.807) is 23.1 Å². The molecule has 1 heterocycles. The molecule has 0 radical (unpaired) electrons. The van der Waals surface area contributed by atoms with E-state index in [2.05, 4.69) is 6.07 Å². The van der Waals surface area contributed by atoms with E-state index in [1.165, 1.54) is 5.56 Å². The fraction of sp³-hybridized carbons (Fsp3) is 0.235. The van der Waals surface area contributed by atoms with Gasteiger partial charge in [-0.25, -0.2) is 0 Å². The molecule has 3 rings (SSSR count). The number of carbonyl (C=O) groups excluding carboxylic acids is 1. The van der Waals surface area contributed by atoms with Crippen molar-refractivity contribution in [2.75, 3.05) is 18.1 Å². The molecule has 1 aliphatic rings. The molecule has 0 saturated heterocycles. The van der Waals surface area contributed by atoms with Crippen LogP contribution in [0.25, 0.3) is 0 Å². The first kappa shape index (κ1) is 14.0. The number of nitrogens with zero attached hydrogens (tertiary/aromatic N) is 1. The zero-order valence-corrected chi connectivity index (χ0v) is 12.6. The summed E-state index contributed by atoms with van der Waals surface area (Å²) in [5.41, 5.74) is 2.79. The van der Waals surface area contributed by atoms with Crippen molar-refractivity contribution >= 4 is 23.2 Å². The third-order valence-electron chi connectivity index (χ3n) is 3.61. The molecule has 21 heavy (non-hydrogen) atoms. The number of ether oxygens (including phenoxy) is 1. The van der Waals surface area contributed by atoms with E-state index in [4.69, 9.17) is 16.3 Å². The number of rotatable bonds is 3. The lowest BCUT2D eigenvalue weighted by Gasteiger charge is -2.18. The summed E-state index contributed by atoms with van der Waals surface area (Å²) in [6, 6.07) is 13.2. The Morgan fingerprint density at radius 3 is 2.86 bits per heavy atom. The fourth-order valence-corrected chi connectivity index (χ4v) is 2.85. The van der Waals surface area contributed by atoms with Crippen molar-refractivity contribution in [3.63, 3.8) is 0 Å². The molecule has 0 aromatic heterocycles. The second-order valence-corrected chi connectivity index (χ2v) is 5.32. The molecule has 0 unspecified atom stereocenters. The van der Waals surface area contributed by atoms with E-state index in [9.17, 15) is 4.79 Å². The predicted octanol–water partition coefficient (Wildman–Crippen LogP) is 3.94. The van der Waals surface area contributed by atoms with E-state index in [1.807, 2.05) is 25.1 Å². The number of benzene rings is 2. The van der Waals surface area contributed by atoms with Crippen LogP contribution in [0.5, 0.6) is 5.75 Å². The highest BCUT2D eigenvalue weighted by molar-refractivity contribution is 6.32. The summed E-state index contributed by atoms with van der Waals surface area (Å²) in [5, 5.41) is 0.468. The second-order valence-electron chi connectivity index (χ2n) is 4.91. The van der Waals surface area contributed by atoms with Gasteiger partial charge in [-0.15, -0.1) is 0 Å². The minimum atomic E-state index is -0.0232. The number of carbonyl (C=O) groups is 1. The molecule has 0 spiro atoms. The number of para-hydroxylation sites is 1. The number of fused-ring (bicyclic) bond motifs is 1. The van der Waals surface area contributed by atoms with Crippen molar-refractivity contribution in [2.45, 2.75) is 13.3 Å². The first-order valence-corrected chi connectivity index (χ1v) is 7.40. The zero-order chi connectivity index (χ0) is 14.8. The Balaban J connectivity index is 1.88. The van der Waals surface area contributed by atoms with Gasteiger partial charge in [-0.1, -0.05) is 29.8 Å². The highest BCUT2D eigenvalue weighted by Crippen LogP contribution is 2.31. The van der Waals surface area contributed by atoms with Crippen molar-refractivity contribution in [3.8, 4) is 5.75 Å². The van der Waals surface area contributed by atoms with Gasteiger partial charge in [0.25, 0.3) is 5.91 Å². The van der Waals surface area contributed by atoms with Crippen LogP contribution in [0.2, 0.25) is 5.02 Å². The van der Waals surface area contributed by atoms with Crippen molar-refractivity contribution < 1.29 is 9.53 Å². The van der Waals surface area contributed by atoms with Crippen molar-refractivity contribution in [2.24, 2.45) is 0 Å². The summed E-state index contributed by atoms with van der Waals surface area (Å²) < 4.78 is 5.40. The minimum absolute atomic E-state index is 0.0232. The average molecular weight is 302 g/mol. The third kappa shape index (κ3) is 2.61. The molecular weight excluding hydrogens is 286 g/mol. The quantitative estimate of drug-likeness (QED) is 0.859. The second kappa shape index (κ2) is 5.78. The molecular formula is C17H16ClNO2. The van der Waals surface area contributed by atoms with Gasteiger partial charge >= 0.3 is 0 Å². The molecule has 0 bridgehead atoms. The molecule has 0 aliphatic carbocycles. The molecule has 0 saturated carbocycles. The standard InChI is InChI=1S/C17H16ClNO2/c1-2-21-16-8-7-13(11-14(16)18)17(20)19-10-9-12-5-3-4-6-15(12)19/h3-8,11H,2,9-10H2,1H3. The van der Waals surface area contributed by atoms with Gasteiger partial charge in [-0.05, 0) is 43.2 Å². The molecule has 1 amide bonds. The molecule has 0 N–H and O–H groups in total. The molecule has 2 aromatic rings. The minimum Gasteiger partial charge on any atom is -0.492 e. The maximum Gasteiger partial charge on any atom is 0.258 e. The average Bonchev–Trinajstić information content (AvgIpc) is 2.93. The smallest absolute Gasteiger partial charge is 0.258 e. The lowest BCUT2D eigenvalue weighted by atomic mass is 10.1. The summed E-state index contributed by atoms with van der Waals surface area (Å²) in [6.45, 7) is 3.16. The Bertz CT molecular complexity index is 684. The van der Waals surface area contributed by atoms with Gasteiger partial charge in [0, 0.05) is 17.8 Å². The van der Waals surface area contributed by atoms with Gasteiger partial charge in [0.2, 0.25) is 0 Å². The van der Waals surface area contributed by atoms with Crippen molar-refractivity contribution in [3.05, 3.63) is 58.6 Å². The first-order valence-electron chi connectivity index (χ1n) is 7.03. The van der Waals surface area contributed by atoms with E-state index in [0.29, 0.717) is 29.5 Å². The van der Waals surface area contributed by atoms with Crippen LogP contribution < -0.4 is 9.64 Å². The molecule has 108 valence electrons. The van der Waals surface area contributed by atoms with Gasteiger partial charge in [0.1, 0.15) is 5.75 Å². The monoisotopic (exact) mass is 301 g/mol. The Labute approximate surface area is 129 Å². The van der Waals surface area contributed by atoms with Gasteiger partial charge < -0.3 is 9.64 Å². The van der Waals surface area contributed by atoms with Crippen molar-refractivity contribution in [1.29, 1.82) is 0 Å². The topological polar surface area (TPSA) is 29.5 Å². The van der Waals surface area contributed by atoms with Crippen LogP contribution in [-0.2, 0) is 6.42 Å². The van der Waals surface area contributed by atoms with Crippen LogP contribution in [0.4, 0.5) is 5.69 Å². The fourth-order valence-electron chi connectivity index (χ4n) is 2.61. The lowest BCUT2D eigenvalue weighted by Crippen LogP contribution is -2.28. The highest BCUT2D eigenvalue weighted by atomic mass is 35.5. The van der Waals surface area contributed by atoms with Gasteiger partial charge in [-0.2, -0.15) is 0 Å². The predicted molar refractivity (Wildman–Crippen MR) is 84.4 cm³/mol. The van der Waals surface area contributed by atoms with Crippen LogP contribution in [-0.4, -0.2) is 19.1 Å². The van der Waals surface area contributed by atoms with Crippen LogP contribution in [0.15, 0.2) is 42.5 Å². The highest BCUT2D eigenvalue weighted by Gasteiger charge is 2.25. The maximum absolute atomic E-state index is 12.7. The zero-order valence-electron chi connectivity index (χ0n) is 11.8. The Morgan fingerprint density at radius 2 is 2.10 bits per heavy atom. The van der Waals surface area contributed by atoms with E-state index in [0.717, 1.165) is 12.1 Å². The summed E-state index contributed by atoms with van der Waals surface area (Å²) in [5.74, 6) is 0.586. The molecule has 3 nitrogen and oxygen atoms in total. The van der Waals surface area contributed by atoms with Crippen molar-refractivity contribution in [1.82, 2.24) is 0 Å².